The quantitative estimate of drug-likeness (QED) is 0.396. The normalized spacial score (nSPS) is 15.1. The van der Waals surface area contributed by atoms with Crippen molar-refractivity contribution in [2.45, 2.75) is 38.1 Å². The molecule has 3 aromatic rings. The standard InChI is InChI=1S/C20H20F2N4O.2C2HF3O2/c21-19-4-3-15(8-20(19)22)10-25-11-17-5-7-24-26(17)18(12-25)14-27-13-16-2-1-6-23-9-16;2*3-2(4,5)1(6)7/h1-9,18H,10-14H2;2*(H,6,7). The van der Waals surface area contributed by atoms with Gasteiger partial charge in [0.2, 0.25) is 0 Å². The van der Waals surface area contributed by atoms with Gasteiger partial charge in [-0.1, -0.05) is 12.1 Å². The van der Waals surface area contributed by atoms with E-state index in [-0.39, 0.29) is 6.04 Å². The molecule has 1 aliphatic rings. The Balaban J connectivity index is 0.000000349. The summed E-state index contributed by atoms with van der Waals surface area (Å²) in [6.45, 7) is 2.97. The van der Waals surface area contributed by atoms with Crippen molar-refractivity contribution in [2.75, 3.05) is 13.2 Å². The predicted octanol–water partition coefficient (Wildman–Crippen LogP) is 4.60. The van der Waals surface area contributed by atoms with Gasteiger partial charge < -0.3 is 14.9 Å². The number of rotatable bonds is 6. The molecule has 17 heteroatoms. The van der Waals surface area contributed by atoms with Crippen molar-refractivity contribution in [1.82, 2.24) is 19.7 Å². The molecule has 4 rings (SSSR count). The Morgan fingerprint density at radius 2 is 1.56 bits per heavy atom. The van der Waals surface area contributed by atoms with Crippen LogP contribution in [-0.4, -0.2) is 67.3 Å². The number of hydrogen-bond donors (Lipinski definition) is 2. The van der Waals surface area contributed by atoms with Crippen LogP contribution in [-0.2, 0) is 34.0 Å². The molecule has 41 heavy (non-hydrogen) atoms. The molecule has 9 nitrogen and oxygen atoms in total. The van der Waals surface area contributed by atoms with Gasteiger partial charge in [-0.25, -0.2) is 18.4 Å². The Hall–Kier alpha value is -4.12. The summed E-state index contributed by atoms with van der Waals surface area (Å²) in [5, 5.41) is 18.7. The zero-order valence-corrected chi connectivity index (χ0v) is 20.7. The lowest BCUT2D eigenvalue weighted by Crippen LogP contribution is -2.39. The van der Waals surface area contributed by atoms with Crippen molar-refractivity contribution in [3.63, 3.8) is 0 Å². The number of nitrogens with zero attached hydrogens (tertiary/aromatic N) is 4. The van der Waals surface area contributed by atoms with E-state index in [9.17, 15) is 35.1 Å². The van der Waals surface area contributed by atoms with Crippen molar-refractivity contribution in [3.8, 4) is 0 Å². The van der Waals surface area contributed by atoms with E-state index >= 15 is 0 Å². The van der Waals surface area contributed by atoms with E-state index < -0.39 is 35.9 Å². The lowest BCUT2D eigenvalue weighted by Gasteiger charge is -2.33. The summed E-state index contributed by atoms with van der Waals surface area (Å²) in [6.07, 6.45) is -4.86. The maximum Gasteiger partial charge on any atom is 0.490 e. The van der Waals surface area contributed by atoms with Gasteiger partial charge in [0.05, 0.1) is 24.9 Å². The monoisotopic (exact) mass is 598 g/mol. The Bertz CT molecular complexity index is 1260. The van der Waals surface area contributed by atoms with E-state index in [1.807, 2.05) is 22.9 Å². The van der Waals surface area contributed by atoms with Crippen LogP contribution in [0.25, 0.3) is 0 Å². The average Bonchev–Trinajstić information content (AvgIpc) is 3.35. The summed E-state index contributed by atoms with van der Waals surface area (Å²) >= 11 is 0. The number of alkyl halides is 6. The van der Waals surface area contributed by atoms with Gasteiger partial charge in [0, 0.05) is 38.2 Å². The third-order valence-corrected chi connectivity index (χ3v) is 5.13. The first-order chi connectivity index (χ1) is 19.1. The van der Waals surface area contributed by atoms with E-state index in [0.29, 0.717) is 26.3 Å². The molecular formula is C24H22F8N4O5. The van der Waals surface area contributed by atoms with Crippen molar-refractivity contribution >= 4 is 11.9 Å². The summed E-state index contributed by atoms with van der Waals surface area (Å²) in [7, 11) is 0. The molecule has 0 fully saturated rings. The average molecular weight is 598 g/mol. The number of halogens is 8. The van der Waals surface area contributed by atoms with Crippen molar-refractivity contribution in [2.24, 2.45) is 0 Å². The third kappa shape index (κ3) is 11.1. The summed E-state index contributed by atoms with van der Waals surface area (Å²) in [5.74, 6) is -7.15. The minimum absolute atomic E-state index is 0.0608. The zero-order chi connectivity index (χ0) is 30.8. The predicted molar refractivity (Wildman–Crippen MR) is 123 cm³/mol. The number of aromatic nitrogens is 3. The summed E-state index contributed by atoms with van der Waals surface area (Å²) in [4.78, 5) is 24.1. The topological polar surface area (TPSA) is 118 Å². The number of benzene rings is 1. The molecule has 0 aliphatic carbocycles. The molecule has 1 aliphatic heterocycles. The van der Waals surface area contributed by atoms with Crippen molar-refractivity contribution in [1.29, 1.82) is 0 Å². The van der Waals surface area contributed by atoms with Crippen LogP contribution < -0.4 is 0 Å². The maximum absolute atomic E-state index is 13.5. The molecule has 1 atom stereocenters. The number of carboxylic acid groups (broad SMARTS) is 2. The van der Waals surface area contributed by atoms with Crippen LogP contribution in [0.1, 0.15) is 22.9 Å². The van der Waals surface area contributed by atoms with Gasteiger partial charge in [0.1, 0.15) is 0 Å². The van der Waals surface area contributed by atoms with Gasteiger partial charge in [-0.15, -0.1) is 0 Å². The van der Waals surface area contributed by atoms with Crippen LogP contribution in [0, 0.1) is 11.6 Å². The Morgan fingerprint density at radius 3 is 2.10 bits per heavy atom. The first-order valence-electron chi connectivity index (χ1n) is 11.3. The fraction of sp³-hybridized carbons (Fsp3) is 0.333. The number of hydrogen-bond acceptors (Lipinski definition) is 6. The smallest absolute Gasteiger partial charge is 0.475 e. The van der Waals surface area contributed by atoms with Gasteiger partial charge in [0.25, 0.3) is 0 Å². The first-order valence-corrected chi connectivity index (χ1v) is 11.3. The van der Waals surface area contributed by atoms with Gasteiger partial charge in [-0.3, -0.25) is 14.6 Å². The molecule has 1 unspecified atom stereocenters. The van der Waals surface area contributed by atoms with Gasteiger partial charge in [-0.05, 0) is 35.4 Å². The zero-order valence-electron chi connectivity index (χ0n) is 20.7. The van der Waals surface area contributed by atoms with Crippen molar-refractivity contribution < 1.29 is 59.7 Å². The second-order valence-electron chi connectivity index (χ2n) is 8.32. The molecule has 2 aromatic heterocycles. The number of ether oxygens (including phenoxy) is 1. The van der Waals surface area contributed by atoms with E-state index in [1.165, 1.54) is 12.1 Å². The molecule has 0 bridgehead atoms. The van der Waals surface area contributed by atoms with Gasteiger partial charge >= 0.3 is 24.3 Å². The van der Waals surface area contributed by atoms with Crippen LogP contribution in [0.4, 0.5) is 35.1 Å². The lowest BCUT2D eigenvalue weighted by molar-refractivity contribution is -0.193. The Labute approximate surface area is 226 Å². The van der Waals surface area contributed by atoms with Crippen LogP contribution in [0.5, 0.6) is 0 Å². The van der Waals surface area contributed by atoms with Crippen LogP contribution in [0.2, 0.25) is 0 Å². The van der Waals surface area contributed by atoms with E-state index in [4.69, 9.17) is 24.5 Å². The summed E-state index contributed by atoms with van der Waals surface area (Å²) < 4.78 is 98.0. The third-order valence-electron chi connectivity index (χ3n) is 5.13. The molecule has 0 radical (unpaired) electrons. The highest BCUT2D eigenvalue weighted by molar-refractivity contribution is 5.73. The number of carbonyl (C=O) groups is 2. The van der Waals surface area contributed by atoms with Gasteiger partial charge in [0.15, 0.2) is 11.6 Å². The number of carboxylic acids is 2. The SMILES string of the molecule is Fc1ccc(CN2Cc3ccnn3C(COCc3cccnc3)C2)cc1F.O=C(O)C(F)(F)F.O=C(O)C(F)(F)F. The van der Waals surface area contributed by atoms with Crippen LogP contribution in [0.3, 0.4) is 0 Å². The molecule has 0 spiro atoms. The van der Waals surface area contributed by atoms with E-state index in [0.717, 1.165) is 23.4 Å². The Kier molecular flexibility index (Phi) is 11.7. The number of pyridine rings is 1. The molecule has 224 valence electrons. The summed E-state index contributed by atoms with van der Waals surface area (Å²) in [5.41, 5.74) is 2.85. The second kappa shape index (κ2) is 14.5. The molecule has 0 saturated carbocycles. The Morgan fingerprint density at radius 1 is 0.927 bits per heavy atom. The minimum atomic E-state index is -5.08. The molecule has 0 saturated heterocycles. The summed E-state index contributed by atoms with van der Waals surface area (Å²) in [6, 6.07) is 9.95. The molecule has 1 aromatic carbocycles. The highest BCUT2D eigenvalue weighted by Crippen LogP contribution is 2.23. The highest BCUT2D eigenvalue weighted by Gasteiger charge is 2.38. The van der Waals surface area contributed by atoms with E-state index in [2.05, 4.69) is 15.0 Å². The largest absolute Gasteiger partial charge is 0.490 e. The van der Waals surface area contributed by atoms with Crippen molar-refractivity contribution in [3.05, 3.63) is 83.4 Å². The fourth-order valence-electron chi connectivity index (χ4n) is 3.40. The molecular weight excluding hydrogens is 576 g/mol. The molecule has 2 N–H and O–H groups in total. The second-order valence-corrected chi connectivity index (χ2v) is 8.32. The number of aliphatic carboxylic acids is 2. The maximum atomic E-state index is 13.5. The lowest BCUT2D eigenvalue weighted by atomic mass is 10.1. The van der Waals surface area contributed by atoms with Crippen LogP contribution >= 0.6 is 0 Å². The fourth-order valence-corrected chi connectivity index (χ4v) is 3.40. The van der Waals surface area contributed by atoms with E-state index in [1.54, 1.807) is 24.7 Å². The first kappa shape index (κ1) is 33.1. The molecule has 3 heterocycles. The number of fused-ring (bicyclic) bond motifs is 1. The highest BCUT2D eigenvalue weighted by atomic mass is 19.4. The van der Waals surface area contributed by atoms with Gasteiger partial charge in [-0.2, -0.15) is 31.4 Å². The minimum Gasteiger partial charge on any atom is -0.475 e. The van der Waals surface area contributed by atoms with Crippen LogP contribution in [0.15, 0.2) is 55.0 Å². The molecule has 0 amide bonds.